The summed E-state index contributed by atoms with van der Waals surface area (Å²) in [6.07, 6.45) is 2.80. The lowest BCUT2D eigenvalue weighted by atomic mass is 10.1. The SMILES string of the molecule is CN1CCN(c2cc(Nc3ncc(C#N)s3)nc(SCc3ccc(C(=O)c4cccnc4F)o3)n2)CC1. The number of hydrogen-bond acceptors (Lipinski definition) is 12. The lowest BCUT2D eigenvalue weighted by Crippen LogP contribution is -2.44. The number of aromatic nitrogens is 4. The van der Waals surface area contributed by atoms with Crippen molar-refractivity contribution in [3.05, 3.63) is 70.6 Å². The highest BCUT2D eigenvalue weighted by Gasteiger charge is 2.20. The van der Waals surface area contributed by atoms with E-state index in [1.807, 2.05) is 6.07 Å². The predicted octanol–water partition coefficient (Wildman–Crippen LogP) is 3.95. The van der Waals surface area contributed by atoms with Gasteiger partial charge in [-0.1, -0.05) is 23.1 Å². The minimum Gasteiger partial charge on any atom is -0.457 e. The van der Waals surface area contributed by atoms with Gasteiger partial charge in [-0.25, -0.2) is 19.9 Å². The second kappa shape index (κ2) is 11.0. The van der Waals surface area contributed by atoms with Crippen molar-refractivity contribution in [1.29, 1.82) is 5.26 Å². The van der Waals surface area contributed by atoms with Crippen LogP contribution < -0.4 is 10.2 Å². The summed E-state index contributed by atoms with van der Waals surface area (Å²) in [6, 6.07) is 10.0. The molecule has 0 aliphatic carbocycles. The molecule has 1 fully saturated rings. The Hall–Kier alpha value is -3.86. The van der Waals surface area contributed by atoms with Crippen LogP contribution >= 0.6 is 23.1 Å². The smallest absolute Gasteiger partial charge is 0.232 e. The Morgan fingerprint density at radius 3 is 2.84 bits per heavy atom. The van der Waals surface area contributed by atoms with E-state index in [2.05, 4.69) is 43.2 Å². The van der Waals surface area contributed by atoms with E-state index in [1.54, 1.807) is 6.07 Å². The van der Waals surface area contributed by atoms with Gasteiger partial charge in [0.25, 0.3) is 0 Å². The van der Waals surface area contributed by atoms with E-state index in [4.69, 9.17) is 14.7 Å². The first kappa shape index (κ1) is 24.8. The fraction of sp³-hybridized carbons (Fsp3) is 0.250. The number of anilines is 3. The van der Waals surface area contributed by atoms with E-state index in [-0.39, 0.29) is 11.3 Å². The normalized spacial score (nSPS) is 13.9. The third kappa shape index (κ3) is 5.93. The van der Waals surface area contributed by atoms with Crippen LogP contribution in [0.25, 0.3) is 0 Å². The summed E-state index contributed by atoms with van der Waals surface area (Å²) < 4.78 is 19.6. The fourth-order valence-corrected chi connectivity index (χ4v) is 5.00. The number of furan rings is 1. The Kier molecular flexibility index (Phi) is 7.40. The van der Waals surface area contributed by atoms with E-state index in [9.17, 15) is 9.18 Å². The molecule has 0 unspecified atom stereocenters. The summed E-state index contributed by atoms with van der Waals surface area (Å²) in [7, 11) is 2.09. The van der Waals surface area contributed by atoms with Gasteiger partial charge in [-0.05, 0) is 31.3 Å². The summed E-state index contributed by atoms with van der Waals surface area (Å²) in [5.41, 5.74) is -0.142. The maximum atomic E-state index is 13.9. The highest BCUT2D eigenvalue weighted by Crippen LogP contribution is 2.29. The molecule has 1 aliphatic heterocycles. The second-order valence-corrected chi connectivity index (χ2v) is 10.1. The van der Waals surface area contributed by atoms with Crippen LogP contribution in [0.5, 0.6) is 0 Å². The Morgan fingerprint density at radius 2 is 2.08 bits per heavy atom. The number of halogens is 1. The number of carbonyl (C=O) groups excluding carboxylic acids is 1. The molecule has 188 valence electrons. The number of nitrogens with one attached hydrogen (secondary N) is 1. The standard InChI is InChI=1S/C24H21FN8O2S2/c1-32-7-9-33(10-8-32)20-11-19(29-23-28-13-16(12-26)37-23)30-24(31-20)36-14-15-4-5-18(35-15)21(34)17-3-2-6-27-22(17)25/h2-6,11,13H,7-10,14H2,1H3,(H,28,29,30,31). The summed E-state index contributed by atoms with van der Waals surface area (Å²) in [4.78, 5) is 34.7. The van der Waals surface area contributed by atoms with Crippen molar-refractivity contribution >= 4 is 45.6 Å². The number of likely N-dealkylation sites (N-methyl/N-ethyl adjacent to an activating group) is 1. The largest absolute Gasteiger partial charge is 0.457 e. The van der Waals surface area contributed by atoms with Gasteiger partial charge in [-0.15, -0.1) is 0 Å². The van der Waals surface area contributed by atoms with Crippen molar-refractivity contribution in [3.8, 4) is 6.07 Å². The number of carbonyl (C=O) groups is 1. The van der Waals surface area contributed by atoms with Crippen molar-refractivity contribution in [2.45, 2.75) is 10.9 Å². The predicted molar refractivity (Wildman–Crippen MR) is 138 cm³/mol. The van der Waals surface area contributed by atoms with Crippen LogP contribution in [0.2, 0.25) is 0 Å². The molecule has 10 nitrogen and oxygen atoms in total. The van der Waals surface area contributed by atoms with Gasteiger partial charge in [0.05, 0.1) is 17.5 Å². The molecule has 1 saturated heterocycles. The molecular formula is C24H21FN8O2S2. The molecule has 0 bridgehead atoms. The zero-order chi connectivity index (χ0) is 25.8. The first-order valence-electron chi connectivity index (χ1n) is 11.3. The number of ketones is 1. The van der Waals surface area contributed by atoms with E-state index in [0.29, 0.717) is 32.5 Å². The molecule has 0 spiro atoms. The quantitative estimate of drug-likeness (QED) is 0.152. The van der Waals surface area contributed by atoms with Gasteiger partial charge in [-0.2, -0.15) is 9.65 Å². The van der Waals surface area contributed by atoms with Gasteiger partial charge in [0.15, 0.2) is 16.0 Å². The molecule has 4 aromatic rings. The van der Waals surface area contributed by atoms with Crippen LogP contribution in [0.1, 0.15) is 26.8 Å². The molecular weight excluding hydrogens is 515 g/mol. The summed E-state index contributed by atoms with van der Waals surface area (Å²) in [5, 5.41) is 13.3. The third-order valence-corrected chi connectivity index (χ3v) is 7.29. The number of rotatable bonds is 8. The van der Waals surface area contributed by atoms with Crippen molar-refractivity contribution in [3.63, 3.8) is 0 Å². The zero-order valence-electron chi connectivity index (χ0n) is 19.7. The Morgan fingerprint density at radius 1 is 1.24 bits per heavy atom. The van der Waals surface area contributed by atoms with Crippen LogP contribution in [0.15, 0.2) is 52.3 Å². The average molecular weight is 537 g/mol. The molecule has 0 radical (unpaired) electrons. The Balaban J connectivity index is 1.34. The zero-order valence-corrected chi connectivity index (χ0v) is 21.4. The minimum atomic E-state index is -0.837. The number of pyridine rings is 1. The third-order valence-electron chi connectivity index (χ3n) is 5.60. The highest BCUT2D eigenvalue weighted by molar-refractivity contribution is 7.98. The van der Waals surface area contributed by atoms with E-state index in [1.165, 1.54) is 53.7 Å². The average Bonchev–Trinajstić information content (AvgIpc) is 3.57. The lowest BCUT2D eigenvalue weighted by Gasteiger charge is -2.33. The van der Waals surface area contributed by atoms with Crippen molar-refractivity contribution in [2.24, 2.45) is 0 Å². The molecule has 1 N–H and O–H groups in total. The van der Waals surface area contributed by atoms with Gasteiger partial charge in [0, 0.05) is 38.4 Å². The monoisotopic (exact) mass is 536 g/mol. The van der Waals surface area contributed by atoms with Crippen LogP contribution in [-0.2, 0) is 5.75 Å². The number of nitrogens with zero attached hydrogens (tertiary/aromatic N) is 7. The van der Waals surface area contributed by atoms with Crippen molar-refractivity contribution in [2.75, 3.05) is 43.4 Å². The van der Waals surface area contributed by atoms with Gasteiger partial charge in [-0.3, -0.25) is 4.79 Å². The molecule has 0 saturated carbocycles. The van der Waals surface area contributed by atoms with Gasteiger partial charge in [0.1, 0.15) is 28.3 Å². The Bertz CT molecular complexity index is 1460. The highest BCUT2D eigenvalue weighted by atomic mass is 32.2. The topological polar surface area (TPSA) is 124 Å². The van der Waals surface area contributed by atoms with Gasteiger partial charge in [0.2, 0.25) is 11.7 Å². The number of thioether (sulfide) groups is 1. The van der Waals surface area contributed by atoms with Crippen LogP contribution in [0.4, 0.5) is 21.2 Å². The van der Waals surface area contributed by atoms with E-state index < -0.39 is 11.7 Å². The van der Waals surface area contributed by atoms with E-state index >= 15 is 0 Å². The summed E-state index contributed by atoms with van der Waals surface area (Å²) in [5.74, 6) is 0.871. The van der Waals surface area contributed by atoms with Crippen LogP contribution in [-0.4, -0.2) is 63.8 Å². The number of piperazine rings is 1. The molecule has 5 heterocycles. The second-order valence-electron chi connectivity index (χ2n) is 8.18. The Labute approximate surface area is 220 Å². The van der Waals surface area contributed by atoms with Gasteiger partial charge >= 0.3 is 0 Å². The molecule has 0 aromatic carbocycles. The van der Waals surface area contributed by atoms with Gasteiger partial charge < -0.3 is 19.5 Å². The molecule has 4 aromatic heterocycles. The van der Waals surface area contributed by atoms with Crippen LogP contribution in [0, 0.1) is 17.3 Å². The van der Waals surface area contributed by atoms with Crippen molar-refractivity contribution in [1.82, 2.24) is 24.8 Å². The molecule has 0 atom stereocenters. The minimum absolute atomic E-state index is 0.0361. The first-order valence-corrected chi connectivity index (χ1v) is 13.1. The first-order chi connectivity index (χ1) is 18.0. The molecule has 5 rings (SSSR count). The van der Waals surface area contributed by atoms with E-state index in [0.717, 1.165) is 32.0 Å². The maximum absolute atomic E-state index is 13.9. The number of nitriles is 1. The summed E-state index contributed by atoms with van der Waals surface area (Å²) in [6.45, 7) is 3.52. The molecule has 1 aliphatic rings. The molecule has 37 heavy (non-hydrogen) atoms. The van der Waals surface area contributed by atoms with Crippen LogP contribution in [0.3, 0.4) is 0 Å². The fourth-order valence-electron chi connectivity index (χ4n) is 3.63. The molecule has 0 amide bonds. The maximum Gasteiger partial charge on any atom is 0.232 e. The number of thiazole rings is 1. The lowest BCUT2D eigenvalue weighted by molar-refractivity contribution is 0.100. The van der Waals surface area contributed by atoms with Crippen molar-refractivity contribution < 1.29 is 13.6 Å². The molecule has 13 heteroatoms. The number of hydrogen-bond donors (Lipinski definition) is 1. The summed E-state index contributed by atoms with van der Waals surface area (Å²) >= 11 is 2.59.